The number of aldehydes is 1. The van der Waals surface area contributed by atoms with Gasteiger partial charge in [0.1, 0.15) is 12.0 Å². The highest BCUT2D eigenvalue weighted by atomic mass is 19.1. The van der Waals surface area contributed by atoms with Gasteiger partial charge in [0, 0.05) is 12.0 Å². The number of benzene rings is 1. The lowest BCUT2D eigenvalue weighted by atomic mass is 9.88. The Bertz CT molecular complexity index is 539. The van der Waals surface area contributed by atoms with E-state index in [1.165, 1.54) is 13.2 Å². The molecular weight excluding hydrogens is 277 g/mol. The molecule has 1 aliphatic carbocycles. The molecule has 0 saturated heterocycles. The summed E-state index contributed by atoms with van der Waals surface area (Å²) in [6.45, 7) is 0. The highest BCUT2D eigenvalue weighted by Crippen LogP contribution is 2.31. The van der Waals surface area contributed by atoms with Crippen molar-refractivity contribution < 1.29 is 23.5 Å². The fourth-order valence-electron chi connectivity index (χ4n) is 2.51. The number of carbonyl (C=O) groups is 2. The Morgan fingerprint density at radius 2 is 1.95 bits per heavy atom. The zero-order valence-corrected chi connectivity index (χ0v) is 11.8. The summed E-state index contributed by atoms with van der Waals surface area (Å²) in [5, 5.41) is 0. The molecule has 0 unspecified atom stereocenters. The predicted molar refractivity (Wildman–Crippen MR) is 73.9 cm³/mol. The third-order valence-electron chi connectivity index (χ3n) is 3.72. The monoisotopic (exact) mass is 295 g/mol. The van der Waals surface area contributed by atoms with E-state index in [2.05, 4.69) is 0 Å². The van der Waals surface area contributed by atoms with Gasteiger partial charge >= 0.3 is 0 Å². The first-order chi connectivity index (χ1) is 10.0. The Balaban J connectivity index is 2.15. The van der Waals surface area contributed by atoms with Crippen molar-refractivity contribution in [1.29, 1.82) is 0 Å². The molecule has 0 heterocycles. The fourth-order valence-corrected chi connectivity index (χ4v) is 2.51. The Labute approximate surface area is 122 Å². The number of halogens is 1. The van der Waals surface area contributed by atoms with Crippen molar-refractivity contribution in [1.82, 2.24) is 0 Å². The van der Waals surface area contributed by atoms with Crippen LogP contribution < -0.4 is 15.2 Å². The Kier molecular flexibility index (Phi) is 4.77. The number of carbonyl (C=O) groups excluding carboxylic acids is 2. The number of nitrogens with two attached hydrogens (primary N) is 1. The van der Waals surface area contributed by atoms with Crippen molar-refractivity contribution in [2.24, 2.45) is 11.7 Å². The Morgan fingerprint density at radius 1 is 1.29 bits per heavy atom. The lowest BCUT2D eigenvalue weighted by Crippen LogP contribution is -2.25. The molecule has 6 heteroatoms. The van der Waals surface area contributed by atoms with Crippen LogP contribution in [0.15, 0.2) is 12.1 Å². The van der Waals surface area contributed by atoms with Crippen molar-refractivity contribution in [2.45, 2.75) is 31.8 Å². The quantitative estimate of drug-likeness (QED) is 0.843. The number of rotatable bonds is 5. The molecule has 0 spiro atoms. The predicted octanol–water partition coefficient (Wildman–Crippen LogP) is 2.07. The molecule has 21 heavy (non-hydrogen) atoms. The van der Waals surface area contributed by atoms with Crippen LogP contribution in [0.25, 0.3) is 0 Å². The van der Waals surface area contributed by atoms with E-state index in [9.17, 15) is 14.0 Å². The van der Waals surface area contributed by atoms with Crippen LogP contribution in [0.2, 0.25) is 0 Å². The number of hydrogen-bond donors (Lipinski definition) is 1. The van der Waals surface area contributed by atoms with Gasteiger partial charge in [-0.05, 0) is 31.7 Å². The molecule has 0 aromatic heterocycles. The molecular formula is C15H18FNO4. The zero-order chi connectivity index (χ0) is 15.4. The van der Waals surface area contributed by atoms with E-state index in [0.29, 0.717) is 12.8 Å². The maximum Gasteiger partial charge on any atom is 0.252 e. The second-order valence-corrected chi connectivity index (χ2v) is 5.14. The summed E-state index contributed by atoms with van der Waals surface area (Å²) in [4.78, 5) is 22.0. The lowest BCUT2D eigenvalue weighted by molar-refractivity contribution is -0.112. The van der Waals surface area contributed by atoms with E-state index in [0.717, 1.165) is 25.2 Å². The normalized spacial score (nSPS) is 21.6. The minimum Gasteiger partial charge on any atom is -0.496 e. The summed E-state index contributed by atoms with van der Waals surface area (Å²) in [5.74, 6) is -1.18. The van der Waals surface area contributed by atoms with Crippen LogP contribution in [0.1, 0.15) is 36.0 Å². The van der Waals surface area contributed by atoms with E-state index < -0.39 is 11.7 Å². The van der Waals surface area contributed by atoms with Crippen molar-refractivity contribution in [3.05, 3.63) is 23.5 Å². The van der Waals surface area contributed by atoms with Crippen LogP contribution in [-0.2, 0) is 4.79 Å². The molecule has 1 aromatic rings. The molecule has 1 saturated carbocycles. The lowest BCUT2D eigenvalue weighted by Gasteiger charge is -2.26. The zero-order valence-electron chi connectivity index (χ0n) is 11.8. The van der Waals surface area contributed by atoms with Crippen molar-refractivity contribution in [2.75, 3.05) is 7.11 Å². The summed E-state index contributed by atoms with van der Waals surface area (Å²) in [6, 6.07) is 2.36. The molecule has 2 rings (SSSR count). The van der Waals surface area contributed by atoms with Crippen molar-refractivity contribution in [3.8, 4) is 11.5 Å². The standard InChI is InChI=1S/C15H18FNO4/c1-20-13-7-12(16)14(6-11(13)15(17)19)21-10-4-2-9(8-18)3-5-10/h6-10H,2-5H2,1H3,(H2,17,19). The first-order valence-corrected chi connectivity index (χ1v) is 6.84. The van der Waals surface area contributed by atoms with Crippen LogP contribution in [0, 0.1) is 11.7 Å². The minimum atomic E-state index is -0.707. The van der Waals surface area contributed by atoms with Gasteiger partial charge in [0.05, 0.1) is 18.8 Å². The summed E-state index contributed by atoms with van der Waals surface area (Å²) in [7, 11) is 1.34. The van der Waals surface area contributed by atoms with Gasteiger partial charge in [-0.1, -0.05) is 0 Å². The summed E-state index contributed by atoms with van der Waals surface area (Å²) >= 11 is 0. The van der Waals surface area contributed by atoms with Gasteiger partial charge in [-0.3, -0.25) is 4.79 Å². The van der Waals surface area contributed by atoms with E-state index in [-0.39, 0.29) is 29.1 Å². The topological polar surface area (TPSA) is 78.6 Å². The third kappa shape index (κ3) is 3.51. The van der Waals surface area contributed by atoms with E-state index in [1.54, 1.807) is 0 Å². The van der Waals surface area contributed by atoms with Gasteiger partial charge in [-0.25, -0.2) is 4.39 Å². The van der Waals surface area contributed by atoms with Gasteiger partial charge < -0.3 is 20.0 Å². The van der Waals surface area contributed by atoms with Crippen molar-refractivity contribution in [3.63, 3.8) is 0 Å². The van der Waals surface area contributed by atoms with Crippen LogP contribution in [0.4, 0.5) is 4.39 Å². The SMILES string of the molecule is COc1cc(F)c(OC2CCC(C=O)CC2)cc1C(N)=O. The molecule has 2 N–H and O–H groups in total. The second-order valence-electron chi connectivity index (χ2n) is 5.14. The number of primary amides is 1. The number of hydrogen-bond acceptors (Lipinski definition) is 4. The van der Waals surface area contributed by atoms with Gasteiger partial charge in [0.25, 0.3) is 5.91 Å². The van der Waals surface area contributed by atoms with E-state index in [4.69, 9.17) is 15.2 Å². The van der Waals surface area contributed by atoms with Gasteiger partial charge in [0.2, 0.25) is 0 Å². The van der Waals surface area contributed by atoms with Gasteiger partial charge in [0.15, 0.2) is 11.6 Å². The first-order valence-electron chi connectivity index (χ1n) is 6.84. The average Bonchev–Trinajstić information content (AvgIpc) is 2.49. The third-order valence-corrected chi connectivity index (χ3v) is 3.72. The molecule has 1 aliphatic rings. The number of amides is 1. The molecule has 5 nitrogen and oxygen atoms in total. The molecule has 114 valence electrons. The molecule has 0 radical (unpaired) electrons. The van der Waals surface area contributed by atoms with Crippen LogP contribution in [0.3, 0.4) is 0 Å². The first kappa shape index (κ1) is 15.3. The maximum atomic E-state index is 14.0. The van der Waals surface area contributed by atoms with Gasteiger partial charge in [-0.15, -0.1) is 0 Å². The number of methoxy groups -OCH3 is 1. The molecule has 0 atom stereocenters. The van der Waals surface area contributed by atoms with Crippen LogP contribution in [0.5, 0.6) is 11.5 Å². The Morgan fingerprint density at radius 3 is 2.48 bits per heavy atom. The average molecular weight is 295 g/mol. The molecule has 0 bridgehead atoms. The summed E-state index contributed by atoms with van der Waals surface area (Å²) < 4.78 is 24.5. The van der Waals surface area contributed by atoms with Gasteiger partial charge in [-0.2, -0.15) is 0 Å². The minimum absolute atomic E-state index is 0.0147. The molecule has 0 aliphatic heterocycles. The molecule has 1 fully saturated rings. The highest BCUT2D eigenvalue weighted by molar-refractivity contribution is 5.96. The summed E-state index contributed by atoms with van der Waals surface area (Å²) in [6.07, 6.45) is 3.62. The molecule has 1 aromatic carbocycles. The maximum absolute atomic E-state index is 14.0. The van der Waals surface area contributed by atoms with Crippen molar-refractivity contribution >= 4 is 12.2 Å². The summed E-state index contributed by atoms with van der Waals surface area (Å²) in [5.41, 5.74) is 5.32. The van der Waals surface area contributed by atoms with Crippen LogP contribution >= 0.6 is 0 Å². The molecule has 1 amide bonds. The fraction of sp³-hybridized carbons (Fsp3) is 0.467. The number of ether oxygens (including phenoxy) is 2. The highest BCUT2D eigenvalue weighted by Gasteiger charge is 2.24. The van der Waals surface area contributed by atoms with Crippen LogP contribution in [-0.4, -0.2) is 25.4 Å². The largest absolute Gasteiger partial charge is 0.496 e. The van der Waals surface area contributed by atoms with E-state index >= 15 is 0 Å². The smallest absolute Gasteiger partial charge is 0.252 e. The van der Waals surface area contributed by atoms with E-state index in [1.807, 2.05) is 0 Å². The Hall–Kier alpha value is -2.11. The second kappa shape index (κ2) is 6.56.